The number of aryl methyl sites for hydroxylation is 1. The van der Waals surface area contributed by atoms with Gasteiger partial charge < -0.3 is 5.11 Å². The second-order valence-electron chi connectivity index (χ2n) is 6.27. The second kappa shape index (κ2) is 6.81. The molecular weight excluding hydrogens is 360 g/mol. The minimum absolute atomic E-state index is 0.0927. The molecule has 0 fully saturated rings. The maximum Gasteiger partial charge on any atom is 0.294 e. The number of carbonyl (C=O) groups excluding carboxylic acids is 2. The molecule has 134 valence electrons. The van der Waals surface area contributed by atoms with Crippen LogP contribution in [0.4, 0.5) is 5.69 Å². The maximum atomic E-state index is 13.1. The third-order valence-corrected chi connectivity index (χ3v) is 5.37. The van der Waals surface area contributed by atoms with Crippen molar-refractivity contribution in [1.29, 1.82) is 0 Å². The summed E-state index contributed by atoms with van der Waals surface area (Å²) in [5.74, 6) is -1.42. The second-order valence-corrected chi connectivity index (χ2v) is 7.21. The molecule has 1 atom stereocenters. The van der Waals surface area contributed by atoms with E-state index < -0.39 is 17.7 Å². The van der Waals surface area contributed by atoms with Crippen molar-refractivity contribution in [2.24, 2.45) is 0 Å². The van der Waals surface area contributed by atoms with Gasteiger partial charge in [0.1, 0.15) is 0 Å². The Bertz CT molecular complexity index is 1040. The quantitative estimate of drug-likeness (QED) is 0.692. The monoisotopic (exact) mass is 376 g/mol. The zero-order valence-corrected chi connectivity index (χ0v) is 15.3. The van der Waals surface area contributed by atoms with Crippen molar-refractivity contribution in [3.63, 3.8) is 0 Å². The van der Waals surface area contributed by atoms with Gasteiger partial charge in [-0.25, -0.2) is 0 Å². The zero-order chi connectivity index (χ0) is 19.0. The van der Waals surface area contributed by atoms with E-state index in [1.54, 1.807) is 48.1 Å². The summed E-state index contributed by atoms with van der Waals surface area (Å²) < 4.78 is 0. The molecule has 0 saturated heterocycles. The van der Waals surface area contributed by atoms with E-state index in [1.165, 1.54) is 16.2 Å². The van der Waals surface area contributed by atoms with E-state index in [9.17, 15) is 14.7 Å². The predicted molar refractivity (Wildman–Crippen MR) is 104 cm³/mol. The van der Waals surface area contributed by atoms with Gasteiger partial charge in [0, 0.05) is 18.1 Å². The molecule has 1 aliphatic rings. The average molecular weight is 376 g/mol. The molecule has 4 rings (SSSR count). The van der Waals surface area contributed by atoms with Crippen LogP contribution in [0.1, 0.15) is 26.8 Å². The highest BCUT2D eigenvalue weighted by Crippen LogP contribution is 2.42. The molecule has 1 amide bonds. The van der Waals surface area contributed by atoms with Crippen molar-refractivity contribution in [1.82, 2.24) is 4.98 Å². The van der Waals surface area contributed by atoms with Gasteiger partial charge in [0.15, 0.2) is 5.76 Å². The third-order valence-electron chi connectivity index (χ3n) is 4.50. The first kappa shape index (κ1) is 17.2. The number of hydrogen-bond acceptors (Lipinski definition) is 5. The van der Waals surface area contributed by atoms with Gasteiger partial charge in [-0.3, -0.25) is 19.5 Å². The zero-order valence-electron chi connectivity index (χ0n) is 14.5. The molecule has 1 aliphatic heterocycles. The number of hydrogen-bond donors (Lipinski definition) is 1. The van der Waals surface area contributed by atoms with Crippen LogP contribution in [0.3, 0.4) is 0 Å². The number of nitrogens with zero attached hydrogens (tertiary/aromatic N) is 2. The molecule has 0 spiro atoms. The van der Waals surface area contributed by atoms with E-state index in [1.807, 2.05) is 25.1 Å². The largest absolute Gasteiger partial charge is 0.503 e. The molecule has 1 aromatic carbocycles. The number of thiophene rings is 1. The number of benzene rings is 1. The minimum Gasteiger partial charge on any atom is -0.503 e. The van der Waals surface area contributed by atoms with Crippen molar-refractivity contribution in [2.45, 2.75) is 13.0 Å². The van der Waals surface area contributed by atoms with E-state index in [4.69, 9.17) is 0 Å². The fourth-order valence-electron chi connectivity index (χ4n) is 3.28. The molecule has 6 heteroatoms. The van der Waals surface area contributed by atoms with Crippen LogP contribution in [0.15, 0.2) is 77.6 Å². The van der Waals surface area contributed by atoms with Crippen LogP contribution in [0.25, 0.3) is 0 Å². The number of anilines is 1. The van der Waals surface area contributed by atoms with Crippen LogP contribution in [-0.4, -0.2) is 21.8 Å². The summed E-state index contributed by atoms with van der Waals surface area (Å²) in [6.07, 6.45) is 3.22. The number of amides is 1. The van der Waals surface area contributed by atoms with Crippen molar-refractivity contribution in [3.8, 4) is 0 Å². The summed E-state index contributed by atoms with van der Waals surface area (Å²) in [5.41, 5.74) is 2.41. The highest BCUT2D eigenvalue weighted by molar-refractivity contribution is 7.12. The summed E-state index contributed by atoms with van der Waals surface area (Å²) in [6, 6.07) is 13.7. The van der Waals surface area contributed by atoms with Gasteiger partial charge in [0.25, 0.3) is 5.91 Å². The summed E-state index contributed by atoms with van der Waals surface area (Å²) >= 11 is 1.28. The van der Waals surface area contributed by atoms with E-state index >= 15 is 0 Å². The predicted octanol–water partition coefficient (Wildman–Crippen LogP) is 4.23. The molecule has 0 saturated carbocycles. The Kier molecular flexibility index (Phi) is 4.33. The number of aromatic nitrogens is 1. The van der Waals surface area contributed by atoms with Crippen molar-refractivity contribution < 1.29 is 14.7 Å². The van der Waals surface area contributed by atoms with Crippen LogP contribution in [-0.2, 0) is 4.79 Å². The summed E-state index contributed by atoms with van der Waals surface area (Å²) in [5, 5.41) is 12.4. The number of carbonyl (C=O) groups is 2. The lowest BCUT2D eigenvalue weighted by molar-refractivity contribution is -0.117. The van der Waals surface area contributed by atoms with Crippen LogP contribution in [0.2, 0.25) is 0 Å². The smallest absolute Gasteiger partial charge is 0.294 e. The van der Waals surface area contributed by atoms with E-state index in [0.29, 0.717) is 16.1 Å². The summed E-state index contributed by atoms with van der Waals surface area (Å²) in [6.45, 7) is 1.93. The van der Waals surface area contributed by atoms with Gasteiger partial charge in [0.2, 0.25) is 5.78 Å². The lowest BCUT2D eigenvalue weighted by atomic mass is 9.96. The molecule has 2 aromatic heterocycles. The van der Waals surface area contributed by atoms with Gasteiger partial charge in [0.05, 0.1) is 16.5 Å². The Morgan fingerprint density at radius 1 is 1.15 bits per heavy atom. The lowest BCUT2D eigenvalue weighted by Crippen LogP contribution is -2.31. The maximum absolute atomic E-state index is 13.1. The van der Waals surface area contributed by atoms with Gasteiger partial charge in [-0.1, -0.05) is 18.2 Å². The molecule has 3 heterocycles. The molecule has 1 N–H and O–H groups in total. The SMILES string of the molecule is Cc1cccc(N2C(=O)C(O)=C(C(=O)c3cccs3)C2c2ccncc2)c1. The van der Waals surface area contributed by atoms with E-state index in [2.05, 4.69) is 4.98 Å². The Morgan fingerprint density at radius 2 is 1.93 bits per heavy atom. The fourth-order valence-corrected chi connectivity index (χ4v) is 3.96. The number of ketones is 1. The standard InChI is InChI=1S/C21H16N2O3S/c1-13-4-2-5-15(12-13)23-18(14-7-9-22-10-8-14)17(20(25)21(23)26)19(24)16-6-3-11-27-16/h2-12,18,25H,1H3. The Labute approximate surface area is 160 Å². The Hall–Kier alpha value is -3.25. The number of aliphatic hydroxyl groups excluding tert-OH is 1. The Morgan fingerprint density at radius 3 is 2.59 bits per heavy atom. The topological polar surface area (TPSA) is 70.5 Å². The highest BCUT2D eigenvalue weighted by atomic mass is 32.1. The summed E-state index contributed by atoms with van der Waals surface area (Å²) in [7, 11) is 0. The number of rotatable bonds is 4. The van der Waals surface area contributed by atoms with Gasteiger partial charge in [-0.05, 0) is 53.8 Å². The Balaban J connectivity index is 1.89. The van der Waals surface area contributed by atoms with E-state index in [-0.39, 0.29) is 11.4 Å². The number of Topliss-reactive ketones (excluding diaryl/α,β-unsaturated/α-hetero) is 1. The van der Waals surface area contributed by atoms with Crippen molar-refractivity contribution in [3.05, 3.63) is 93.6 Å². The first-order valence-corrected chi connectivity index (χ1v) is 9.27. The highest BCUT2D eigenvalue weighted by Gasteiger charge is 2.44. The average Bonchev–Trinajstić information content (AvgIpc) is 3.30. The molecule has 3 aromatic rings. The molecule has 0 bridgehead atoms. The first-order chi connectivity index (χ1) is 13.1. The summed E-state index contributed by atoms with van der Waals surface area (Å²) in [4.78, 5) is 32.0. The van der Waals surface area contributed by atoms with Crippen LogP contribution < -0.4 is 4.90 Å². The van der Waals surface area contributed by atoms with Crippen LogP contribution >= 0.6 is 11.3 Å². The van der Waals surface area contributed by atoms with Gasteiger partial charge in [-0.15, -0.1) is 11.3 Å². The fraction of sp³-hybridized carbons (Fsp3) is 0.0952. The molecule has 0 aliphatic carbocycles. The first-order valence-electron chi connectivity index (χ1n) is 8.39. The molecule has 27 heavy (non-hydrogen) atoms. The number of aliphatic hydroxyl groups is 1. The van der Waals surface area contributed by atoms with Gasteiger partial charge in [-0.2, -0.15) is 0 Å². The molecule has 0 radical (unpaired) electrons. The van der Waals surface area contributed by atoms with Crippen LogP contribution in [0.5, 0.6) is 0 Å². The van der Waals surface area contributed by atoms with Crippen LogP contribution in [0, 0.1) is 6.92 Å². The molecule has 1 unspecified atom stereocenters. The van der Waals surface area contributed by atoms with E-state index in [0.717, 1.165) is 5.56 Å². The lowest BCUT2D eigenvalue weighted by Gasteiger charge is -2.27. The number of pyridine rings is 1. The van der Waals surface area contributed by atoms with Crippen molar-refractivity contribution >= 4 is 28.7 Å². The van der Waals surface area contributed by atoms with Crippen molar-refractivity contribution in [2.75, 3.05) is 4.90 Å². The van der Waals surface area contributed by atoms with Gasteiger partial charge >= 0.3 is 0 Å². The molecule has 5 nitrogen and oxygen atoms in total. The molecular formula is C21H16N2O3S. The third kappa shape index (κ3) is 2.94. The minimum atomic E-state index is -0.711. The normalized spacial score (nSPS) is 16.9.